The van der Waals surface area contributed by atoms with Gasteiger partial charge in [-0.15, -0.1) is 0 Å². The van der Waals surface area contributed by atoms with Gasteiger partial charge in [-0.2, -0.15) is 0 Å². The molecule has 0 fully saturated rings. The lowest BCUT2D eigenvalue weighted by atomic mass is 9.82. The summed E-state index contributed by atoms with van der Waals surface area (Å²) in [5, 5.41) is 26.3. The van der Waals surface area contributed by atoms with Crippen LogP contribution in [0.15, 0.2) is 16.9 Å². The minimum Gasteiger partial charge on any atom is -0.505 e. The Labute approximate surface area is 71.8 Å². The zero-order valence-corrected chi connectivity index (χ0v) is 6.98. The fraction of sp³-hybridized carbons (Fsp3) is 0. The van der Waals surface area contributed by atoms with E-state index >= 15 is 0 Å². The van der Waals surface area contributed by atoms with Crippen molar-refractivity contribution in [3.05, 3.63) is 16.9 Å². The van der Waals surface area contributed by atoms with Crippen LogP contribution in [-0.2, 0) is 0 Å². The van der Waals surface area contributed by atoms with Crippen molar-refractivity contribution in [2.24, 2.45) is 0 Å². The van der Waals surface area contributed by atoms with E-state index in [2.05, 4.69) is 20.9 Å². The van der Waals surface area contributed by atoms with Crippen molar-refractivity contribution in [2.45, 2.75) is 0 Å². The summed E-state index contributed by atoms with van der Waals surface area (Å²) in [6, 6.07) is 1.22. The molecular formula is C5H5BBrNO3. The minimum atomic E-state index is -1.60. The number of aromatic hydroxyl groups is 1. The Balaban J connectivity index is 3.05. The molecule has 0 bridgehead atoms. The highest BCUT2D eigenvalue weighted by molar-refractivity contribution is 9.10. The molecule has 0 saturated carbocycles. The van der Waals surface area contributed by atoms with Crippen LogP contribution in [0.4, 0.5) is 0 Å². The molecule has 1 heterocycles. The first kappa shape index (κ1) is 8.51. The summed E-state index contributed by atoms with van der Waals surface area (Å²) in [6.07, 6.45) is 1.26. The van der Waals surface area contributed by atoms with Crippen LogP contribution in [0.3, 0.4) is 0 Å². The molecule has 0 aromatic carbocycles. The van der Waals surface area contributed by atoms with Crippen molar-refractivity contribution >= 4 is 28.5 Å². The quantitative estimate of drug-likeness (QED) is 0.427. The molecule has 0 aliphatic carbocycles. The molecule has 4 nitrogen and oxygen atoms in total. The predicted molar refractivity (Wildman–Crippen MR) is 43.4 cm³/mol. The highest BCUT2D eigenvalue weighted by atomic mass is 79.9. The molecule has 0 radical (unpaired) electrons. The number of aromatic nitrogens is 1. The van der Waals surface area contributed by atoms with Gasteiger partial charge in [0.25, 0.3) is 0 Å². The molecule has 1 aromatic rings. The molecule has 0 atom stereocenters. The second-order valence-electron chi connectivity index (χ2n) is 1.95. The second-order valence-corrected chi connectivity index (χ2v) is 2.70. The van der Waals surface area contributed by atoms with Crippen LogP contribution < -0.4 is 5.46 Å². The molecule has 0 aliphatic heterocycles. The fourth-order valence-corrected chi connectivity index (χ4v) is 0.810. The number of hydrogen-bond acceptors (Lipinski definition) is 4. The maximum absolute atomic E-state index is 9.02. The predicted octanol–water partition coefficient (Wildman–Crippen LogP) is -0.771. The van der Waals surface area contributed by atoms with Gasteiger partial charge in [0, 0.05) is 11.7 Å². The monoisotopic (exact) mass is 217 g/mol. The molecule has 58 valence electrons. The van der Waals surface area contributed by atoms with E-state index in [-0.39, 0.29) is 15.8 Å². The lowest BCUT2D eigenvalue weighted by Gasteiger charge is -1.99. The maximum atomic E-state index is 9.02. The Bertz CT molecular complexity index is 268. The summed E-state index contributed by atoms with van der Waals surface area (Å²) in [7, 11) is -1.60. The van der Waals surface area contributed by atoms with Crippen molar-refractivity contribution in [3.63, 3.8) is 0 Å². The molecule has 0 saturated heterocycles. The van der Waals surface area contributed by atoms with Crippen LogP contribution in [0.25, 0.3) is 0 Å². The Hall–Kier alpha value is -0.585. The van der Waals surface area contributed by atoms with E-state index in [0.29, 0.717) is 0 Å². The van der Waals surface area contributed by atoms with Gasteiger partial charge in [0.2, 0.25) is 0 Å². The third-order valence-corrected chi connectivity index (χ3v) is 1.75. The van der Waals surface area contributed by atoms with Gasteiger partial charge in [0.05, 0.1) is 0 Å². The molecule has 1 rings (SSSR count). The van der Waals surface area contributed by atoms with Gasteiger partial charge in [-0.1, -0.05) is 0 Å². The van der Waals surface area contributed by atoms with E-state index in [1.54, 1.807) is 0 Å². The Morgan fingerprint density at radius 2 is 2.09 bits per heavy atom. The van der Waals surface area contributed by atoms with Crippen LogP contribution in [0.1, 0.15) is 0 Å². The van der Waals surface area contributed by atoms with Crippen LogP contribution in [0.2, 0.25) is 0 Å². The topological polar surface area (TPSA) is 73.6 Å². The molecule has 3 N–H and O–H groups in total. The van der Waals surface area contributed by atoms with E-state index in [4.69, 9.17) is 15.2 Å². The number of halogens is 1. The summed E-state index contributed by atoms with van der Waals surface area (Å²) in [4.78, 5) is 3.65. The Morgan fingerprint density at radius 1 is 1.45 bits per heavy atom. The molecular weight excluding hydrogens is 213 g/mol. The zero-order valence-electron chi connectivity index (χ0n) is 5.40. The van der Waals surface area contributed by atoms with Crippen molar-refractivity contribution < 1.29 is 15.2 Å². The SMILES string of the molecule is OB(O)c1cnc(Br)c(O)c1. The molecule has 0 amide bonds. The first-order chi connectivity index (χ1) is 5.11. The molecule has 0 spiro atoms. The highest BCUT2D eigenvalue weighted by Gasteiger charge is 2.12. The molecule has 0 unspecified atom stereocenters. The number of hydrogen-bond donors (Lipinski definition) is 3. The third-order valence-electron chi connectivity index (χ3n) is 1.14. The summed E-state index contributed by atoms with van der Waals surface area (Å²) in [5.74, 6) is -0.115. The molecule has 6 heteroatoms. The van der Waals surface area contributed by atoms with E-state index in [1.807, 2.05) is 0 Å². The van der Waals surface area contributed by atoms with E-state index in [1.165, 1.54) is 12.3 Å². The average molecular weight is 218 g/mol. The van der Waals surface area contributed by atoms with Gasteiger partial charge < -0.3 is 15.2 Å². The lowest BCUT2D eigenvalue weighted by molar-refractivity contribution is 0.424. The van der Waals surface area contributed by atoms with E-state index in [9.17, 15) is 0 Å². The zero-order chi connectivity index (χ0) is 8.43. The van der Waals surface area contributed by atoms with Crippen LogP contribution in [-0.4, -0.2) is 27.3 Å². The number of rotatable bonds is 1. The highest BCUT2D eigenvalue weighted by Crippen LogP contribution is 2.17. The third kappa shape index (κ3) is 1.92. The van der Waals surface area contributed by atoms with Crippen LogP contribution in [0, 0.1) is 0 Å². The van der Waals surface area contributed by atoms with Crippen LogP contribution >= 0.6 is 15.9 Å². The van der Waals surface area contributed by atoms with Gasteiger partial charge in [0.15, 0.2) is 0 Å². The largest absolute Gasteiger partial charge is 0.505 e. The van der Waals surface area contributed by atoms with Crippen molar-refractivity contribution in [1.82, 2.24) is 4.98 Å². The second kappa shape index (κ2) is 3.21. The van der Waals surface area contributed by atoms with Gasteiger partial charge in [0.1, 0.15) is 10.4 Å². The van der Waals surface area contributed by atoms with Gasteiger partial charge in [-0.05, 0) is 22.0 Å². The number of nitrogens with zero attached hydrogens (tertiary/aromatic N) is 1. The van der Waals surface area contributed by atoms with Gasteiger partial charge in [-0.25, -0.2) is 4.98 Å². The first-order valence-electron chi connectivity index (χ1n) is 2.82. The minimum absolute atomic E-state index is 0.115. The standard InChI is InChI=1S/C5H5BBrNO3/c7-5-4(9)1-3(2-8-5)6(10)11/h1-2,9-11H. The smallest absolute Gasteiger partial charge is 0.490 e. The normalized spacial score (nSPS) is 9.73. The van der Waals surface area contributed by atoms with E-state index < -0.39 is 7.12 Å². The van der Waals surface area contributed by atoms with Gasteiger partial charge in [-0.3, -0.25) is 0 Å². The first-order valence-corrected chi connectivity index (χ1v) is 3.61. The molecule has 1 aromatic heterocycles. The summed E-state index contributed by atoms with van der Waals surface area (Å²) in [6.45, 7) is 0. The van der Waals surface area contributed by atoms with E-state index in [0.717, 1.165) is 0 Å². The average Bonchev–Trinajstić information content (AvgIpc) is 1.94. The molecule has 11 heavy (non-hydrogen) atoms. The Morgan fingerprint density at radius 3 is 2.55 bits per heavy atom. The number of pyridine rings is 1. The summed E-state index contributed by atoms with van der Waals surface area (Å²) in [5.41, 5.74) is 0.158. The fourth-order valence-electron chi connectivity index (χ4n) is 0.593. The lowest BCUT2D eigenvalue weighted by Crippen LogP contribution is -2.29. The summed E-state index contributed by atoms with van der Waals surface area (Å²) >= 11 is 2.95. The van der Waals surface area contributed by atoms with Crippen LogP contribution in [0.5, 0.6) is 5.75 Å². The molecule has 0 aliphatic rings. The Kier molecular flexibility index (Phi) is 2.48. The maximum Gasteiger partial charge on any atom is 0.490 e. The summed E-state index contributed by atoms with van der Waals surface area (Å²) < 4.78 is 0.280. The van der Waals surface area contributed by atoms with Gasteiger partial charge >= 0.3 is 7.12 Å². The van der Waals surface area contributed by atoms with Crippen molar-refractivity contribution in [1.29, 1.82) is 0 Å². The van der Waals surface area contributed by atoms with Crippen molar-refractivity contribution in [3.8, 4) is 5.75 Å². The van der Waals surface area contributed by atoms with Crippen molar-refractivity contribution in [2.75, 3.05) is 0 Å².